The molecule has 7 aromatic rings. The van der Waals surface area contributed by atoms with Crippen molar-refractivity contribution in [2.24, 2.45) is 12.2 Å². The molecule has 9 rings (SSSR count). The first-order valence-corrected chi connectivity index (χ1v) is 26.6. The zero-order valence-corrected chi connectivity index (χ0v) is 42.7. The van der Waals surface area contributed by atoms with Crippen LogP contribution < -0.4 is 10.6 Å². The maximum atomic E-state index is 15.0. The van der Waals surface area contributed by atoms with Crippen LogP contribution in [-0.4, -0.2) is 82.1 Å². The van der Waals surface area contributed by atoms with Crippen LogP contribution in [0.5, 0.6) is 0 Å². The summed E-state index contributed by atoms with van der Waals surface area (Å²) < 4.78 is 13.5. The number of aromatic nitrogens is 4. The highest BCUT2D eigenvalue weighted by Gasteiger charge is 2.55. The number of benzene rings is 5. The molecule has 19 heteroatoms. The first-order chi connectivity index (χ1) is 34.9. The highest BCUT2D eigenvalue weighted by Crippen LogP contribution is 2.46. The molecule has 0 radical (unpaired) electrons. The molecule has 5 aromatic carbocycles. The molecule has 2 aliphatic heterocycles. The standard InChI is InChI=1S/C53H48N8O7S4/c1-52(2,3)67-51(65)58-49-56-39(30-70-49)41(59-68-53(36-24-14-7-15-25-36,37-26-16-8-17-27-37)38-28-18-9-19-29-38)45(62)57-42-46(63)61-43(40(31-69-47(42)61)71-33-72-50-54-32-55-60(50)4)48(64)66-44(34-20-10-5-11-21-34)35-22-12-6-13-23-35/h5-30,32,42,44,47H,31,33H2,1-4H3,(H,57,62)(H,56,58,65)/t42?,47-/m0/s1. The Bertz CT molecular complexity index is 2960. The maximum absolute atomic E-state index is 15.0. The summed E-state index contributed by atoms with van der Waals surface area (Å²) in [6.07, 6.45) is -0.0494. The van der Waals surface area contributed by atoms with E-state index in [4.69, 9.17) is 14.3 Å². The highest BCUT2D eigenvalue weighted by atomic mass is 32.2. The predicted octanol–water partition coefficient (Wildman–Crippen LogP) is 9.76. The number of esters is 1. The Morgan fingerprint density at radius 3 is 1.89 bits per heavy atom. The smallest absolute Gasteiger partial charge is 0.413 e. The van der Waals surface area contributed by atoms with E-state index in [1.807, 2.05) is 152 Å². The molecule has 1 saturated heterocycles. The summed E-state index contributed by atoms with van der Waals surface area (Å²) in [6.45, 7) is 5.23. The van der Waals surface area contributed by atoms with Crippen molar-refractivity contribution in [2.45, 2.75) is 54.6 Å². The van der Waals surface area contributed by atoms with Gasteiger partial charge in [0.25, 0.3) is 11.8 Å². The minimum absolute atomic E-state index is 0.0581. The number of hydrogen-bond acceptors (Lipinski definition) is 15. The number of anilines is 1. The molecule has 2 aromatic heterocycles. The number of hydrogen-bond donors (Lipinski definition) is 2. The second-order valence-electron chi connectivity index (χ2n) is 17.3. The molecule has 0 bridgehead atoms. The van der Waals surface area contributed by atoms with Crippen molar-refractivity contribution in [3.63, 3.8) is 0 Å². The van der Waals surface area contributed by atoms with Crippen LogP contribution in [0.25, 0.3) is 0 Å². The summed E-state index contributed by atoms with van der Waals surface area (Å²) in [5.41, 5.74) is 1.37. The number of nitrogens with zero attached hydrogens (tertiary/aromatic N) is 6. The van der Waals surface area contributed by atoms with Crippen molar-refractivity contribution in [3.8, 4) is 0 Å². The van der Waals surface area contributed by atoms with E-state index in [-0.39, 0.29) is 22.2 Å². The van der Waals surface area contributed by atoms with Crippen molar-refractivity contribution in [1.29, 1.82) is 0 Å². The van der Waals surface area contributed by atoms with Gasteiger partial charge in [0.1, 0.15) is 34.7 Å². The lowest BCUT2D eigenvalue weighted by Gasteiger charge is -2.49. The van der Waals surface area contributed by atoms with E-state index in [1.165, 1.54) is 46.5 Å². The van der Waals surface area contributed by atoms with E-state index in [9.17, 15) is 19.2 Å². The van der Waals surface area contributed by atoms with Crippen molar-refractivity contribution >= 4 is 81.3 Å². The van der Waals surface area contributed by atoms with Crippen LogP contribution in [0.2, 0.25) is 0 Å². The number of amides is 3. The monoisotopic (exact) mass is 1040 g/mol. The molecule has 0 aliphatic carbocycles. The van der Waals surface area contributed by atoms with Gasteiger partial charge < -0.3 is 19.6 Å². The molecular formula is C53H48N8O7S4. The van der Waals surface area contributed by atoms with Crippen LogP contribution in [0.3, 0.4) is 0 Å². The SMILES string of the molecule is Cn1ncnc1SCSC1=C(C(=O)OC(c2ccccc2)c2ccccc2)N2C(=O)C(NC(=O)C(=NOC(c3ccccc3)(c3ccccc3)c3ccccc3)c3csc(NC(=O)OC(C)(C)C)n3)[C@@H]2SC1. The lowest BCUT2D eigenvalue weighted by atomic mass is 9.80. The average molecular weight is 1040 g/mol. The van der Waals surface area contributed by atoms with Crippen molar-refractivity contribution < 1.29 is 33.5 Å². The van der Waals surface area contributed by atoms with E-state index in [1.54, 1.807) is 37.9 Å². The molecule has 2 N–H and O–H groups in total. The number of thioether (sulfide) groups is 3. The highest BCUT2D eigenvalue weighted by molar-refractivity contribution is 8.18. The van der Waals surface area contributed by atoms with E-state index < -0.39 is 52.6 Å². The molecule has 1 unspecified atom stereocenters. The first-order valence-electron chi connectivity index (χ1n) is 22.7. The number of nitrogens with one attached hydrogen (secondary N) is 2. The van der Waals surface area contributed by atoms with Crippen molar-refractivity contribution in [1.82, 2.24) is 30.0 Å². The van der Waals surface area contributed by atoms with Gasteiger partial charge in [-0.2, -0.15) is 5.10 Å². The van der Waals surface area contributed by atoms with Gasteiger partial charge in [-0.1, -0.05) is 169 Å². The fraction of sp³-hybridized carbons (Fsp3) is 0.208. The fourth-order valence-corrected chi connectivity index (χ4v) is 12.4. The molecule has 2 aliphatic rings. The Labute approximate surface area is 432 Å². The van der Waals surface area contributed by atoms with Crippen LogP contribution >= 0.6 is 46.6 Å². The molecule has 366 valence electrons. The molecule has 0 spiro atoms. The fourth-order valence-electron chi connectivity index (χ4n) is 8.04. The molecule has 4 heterocycles. The van der Waals surface area contributed by atoms with Crippen LogP contribution in [0.1, 0.15) is 60.4 Å². The topological polar surface area (TPSA) is 179 Å². The van der Waals surface area contributed by atoms with Gasteiger partial charge >= 0.3 is 12.1 Å². The van der Waals surface area contributed by atoms with Crippen LogP contribution in [-0.2, 0) is 41.3 Å². The summed E-state index contributed by atoms with van der Waals surface area (Å²) in [6, 6.07) is 46.3. The summed E-state index contributed by atoms with van der Waals surface area (Å²) in [7, 11) is 1.80. The number of oxime groups is 1. The number of aryl methyl sites for hydroxylation is 1. The Hall–Kier alpha value is -7.19. The molecule has 3 amide bonds. The molecule has 72 heavy (non-hydrogen) atoms. The predicted molar refractivity (Wildman–Crippen MR) is 281 cm³/mol. The Balaban J connectivity index is 1.06. The number of rotatable bonds is 17. The lowest BCUT2D eigenvalue weighted by Crippen LogP contribution is -2.71. The van der Waals surface area contributed by atoms with Crippen LogP contribution in [0.15, 0.2) is 184 Å². The van der Waals surface area contributed by atoms with Crippen molar-refractivity contribution in [2.75, 3.05) is 16.2 Å². The summed E-state index contributed by atoms with van der Waals surface area (Å²) in [5, 5.41) is 16.5. The largest absolute Gasteiger partial charge is 0.448 e. The average Bonchev–Trinajstić information content (AvgIpc) is 4.04. The van der Waals surface area contributed by atoms with Gasteiger partial charge in [-0.15, -0.1) is 34.9 Å². The van der Waals surface area contributed by atoms with E-state index in [0.717, 1.165) is 39.2 Å². The minimum atomic E-state index is -1.39. The number of fused-ring (bicyclic) bond motifs is 1. The number of thiazole rings is 1. The van der Waals surface area contributed by atoms with Gasteiger partial charge in [-0.3, -0.25) is 19.8 Å². The zero-order chi connectivity index (χ0) is 50.2. The summed E-state index contributed by atoms with van der Waals surface area (Å²) in [4.78, 5) is 75.0. The summed E-state index contributed by atoms with van der Waals surface area (Å²) in [5.74, 6) is -1.67. The van der Waals surface area contributed by atoms with Gasteiger partial charge in [-0.05, 0) is 31.9 Å². The quantitative estimate of drug-likeness (QED) is 0.0168. The second-order valence-corrected chi connectivity index (χ2v) is 21.6. The summed E-state index contributed by atoms with van der Waals surface area (Å²) >= 11 is 5.31. The molecular weight excluding hydrogens is 989 g/mol. The second kappa shape index (κ2) is 22.1. The Morgan fingerprint density at radius 2 is 1.36 bits per heavy atom. The number of β-lactam (4-membered cyclic amide) rings is 1. The van der Waals surface area contributed by atoms with Gasteiger partial charge in [0.2, 0.25) is 5.60 Å². The molecule has 1 fully saturated rings. The minimum Gasteiger partial charge on any atom is -0.448 e. The number of carbonyl (C=O) groups is 4. The number of carbonyl (C=O) groups excluding carboxylic acids is 4. The molecule has 2 atom stereocenters. The van der Waals surface area contributed by atoms with Crippen molar-refractivity contribution in [3.05, 3.63) is 207 Å². The van der Waals surface area contributed by atoms with Crippen LogP contribution in [0.4, 0.5) is 9.93 Å². The third kappa shape index (κ3) is 11.0. The zero-order valence-electron chi connectivity index (χ0n) is 39.4. The first kappa shape index (κ1) is 49.8. The van der Waals surface area contributed by atoms with Gasteiger partial charge in [0, 0.05) is 39.8 Å². The van der Waals surface area contributed by atoms with Gasteiger partial charge in [0.05, 0.1) is 5.08 Å². The van der Waals surface area contributed by atoms with E-state index in [0.29, 0.717) is 20.9 Å². The van der Waals surface area contributed by atoms with Gasteiger partial charge in [0.15, 0.2) is 22.1 Å². The number of ether oxygens (including phenoxy) is 2. The lowest BCUT2D eigenvalue weighted by molar-refractivity contribution is -0.154. The third-order valence-electron chi connectivity index (χ3n) is 11.3. The third-order valence-corrected chi connectivity index (χ3v) is 15.8. The van der Waals surface area contributed by atoms with E-state index in [2.05, 4.69) is 30.9 Å². The van der Waals surface area contributed by atoms with Gasteiger partial charge in [-0.25, -0.2) is 24.2 Å². The Kier molecular flexibility index (Phi) is 15.3. The molecule has 15 nitrogen and oxygen atoms in total. The Morgan fingerprint density at radius 1 is 0.806 bits per heavy atom. The van der Waals surface area contributed by atoms with Crippen LogP contribution in [0, 0.1) is 0 Å². The molecule has 0 saturated carbocycles. The van der Waals surface area contributed by atoms with E-state index >= 15 is 0 Å². The normalized spacial score (nSPS) is 15.9. The maximum Gasteiger partial charge on any atom is 0.413 e.